The molecule has 66 valence electrons. The Kier molecular flexibility index (Phi) is 4.07. The van der Waals surface area contributed by atoms with E-state index in [-0.39, 0.29) is 18.1 Å². The fraction of sp³-hybridized carbons (Fsp3) is 0.857. The van der Waals surface area contributed by atoms with Gasteiger partial charge in [0, 0.05) is 7.05 Å². The van der Waals surface area contributed by atoms with Crippen molar-refractivity contribution in [3.8, 4) is 0 Å². The third-order valence-corrected chi connectivity index (χ3v) is 0.890. The van der Waals surface area contributed by atoms with Crippen LogP contribution in [-0.2, 0) is 9.63 Å². The molecule has 2 N–H and O–H groups in total. The minimum Gasteiger partial charge on any atom is -0.358 e. The maximum absolute atomic E-state index is 10.6. The summed E-state index contributed by atoms with van der Waals surface area (Å²) in [5, 5.41) is 2.47. The normalized spacial score (nSPS) is 11.3. The number of hydrogen-bond donors (Lipinski definition) is 2. The molecule has 0 aromatic heterocycles. The lowest BCUT2D eigenvalue weighted by Gasteiger charge is -2.18. The molecule has 1 amide bonds. The maximum atomic E-state index is 10.6. The number of likely N-dealkylation sites (N-methyl/N-ethyl adjacent to an activating group) is 1. The molecule has 4 heteroatoms. The van der Waals surface area contributed by atoms with Crippen LogP contribution in [0.5, 0.6) is 0 Å². The Morgan fingerprint density at radius 2 is 2.00 bits per heavy atom. The Morgan fingerprint density at radius 1 is 1.45 bits per heavy atom. The highest BCUT2D eigenvalue weighted by molar-refractivity contribution is 5.77. The van der Waals surface area contributed by atoms with Crippen LogP contribution in [0.4, 0.5) is 0 Å². The molecule has 0 fully saturated rings. The first-order chi connectivity index (χ1) is 4.95. The Bertz CT molecular complexity index is 129. The molecule has 0 aromatic carbocycles. The van der Waals surface area contributed by atoms with Crippen molar-refractivity contribution in [3.05, 3.63) is 0 Å². The van der Waals surface area contributed by atoms with Crippen molar-refractivity contribution in [2.75, 3.05) is 13.6 Å². The van der Waals surface area contributed by atoms with Gasteiger partial charge in [-0.25, -0.2) is 0 Å². The Morgan fingerprint density at radius 3 is 2.36 bits per heavy atom. The van der Waals surface area contributed by atoms with Crippen LogP contribution in [-0.4, -0.2) is 25.1 Å². The van der Waals surface area contributed by atoms with E-state index < -0.39 is 0 Å². The van der Waals surface area contributed by atoms with Gasteiger partial charge in [0.05, 0.1) is 12.1 Å². The van der Waals surface area contributed by atoms with E-state index >= 15 is 0 Å². The molecule has 11 heavy (non-hydrogen) atoms. The summed E-state index contributed by atoms with van der Waals surface area (Å²) in [7, 11) is 1.58. The molecule has 0 bridgehead atoms. The molecular formula is C7H16N2O2. The summed E-state index contributed by atoms with van der Waals surface area (Å²) in [4.78, 5) is 15.7. The van der Waals surface area contributed by atoms with E-state index in [0.717, 1.165) is 0 Å². The van der Waals surface area contributed by atoms with Gasteiger partial charge in [0.25, 0.3) is 0 Å². The summed E-state index contributed by atoms with van der Waals surface area (Å²) in [5.74, 6) is -0.0887. The van der Waals surface area contributed by atoms with Gasteiger partial charge >= 0.3 is 0 Å². The fourth-order valence-electron chi connectivity index (χ4n) is 0.407. The predicted molar refractivity (Wildman–Crippen MR) is 42.9 cm³/mol. The minimum absolute atomic E-state index is 0.0887. The van der Waals surface area contributed by atoms with Crippen LogP contribution < -0.4 is 10.8 Å². The lowest BCUT2D eigenvalue weighted by molar-refractivity contribution is -0.126. The van der Waals surface area contributed by atoms with Crippen LogP contribution in [0.1, 0.15) is 20.8 Å². The van der Waals surface area contributed by atoms with Gasteiger partial charge in [-0.2, -0.15) is 5.48 Å². The number of hydrogen-bond acceptors (Lipinski definition) is 3. The molecule has 0 aliphatic carbocycles. The number of carbonyl (C=O) groups excluding carboxylic acids is 1. The van der Waals surface area contributed by atoms with Gasteiger partial charge in [-0.05, 0) is 20.8 Å². The molecule has 0 radical (unpaired) electrons. The average molecular weight is 160 g/mol. The summed E-state index contributed by atoms with van der Waals surface area (Å²) in [6.07, 6.45) is 0. The van der Waals surface area contributed by atoms with Crippen molar-refractivity contribution in [2.45, 2.75) is 26.4 Å². The molecule has 0 heterocycles. The zero-order valence-electron chi connectivity index (χ0n) is 7.52. The summed E-state index contributed by atoms with van der Waals surface area (Å²) in [6, 6.07) is 0. The SMILES string of the molecule is CNC(=O)CNOC(C)(C)C. The number of rotatable bonds is 3. The summed E-state index contributed by atoms with van der Waals surface area (Å²) in [6.45, 7) is 5.91. The van der Waals surface area contributed by atoms with E-state index in [4.69, 9.17) is 4.84 Å². The summed E-state index contributed by atoms with van der Waals surface area (Å²) in [5.41, 5.74) is 2.31. The maximum Gasteiger partial charge on any atom is 0.236 e. The van der Waals surface area contributed by atoms with Gasteiger partial charge in [-0.1, -0.05) is 0 Å². The molecule has 0 aliphatic heterocycles. The van der Waals surface area contributed by atoms with E-state index in [1.54, 1.807) is 7.05 Å². The number of nitrogens with one attached hydrogen (secondary N) is 2. The number of amides is 1. The predicted octanol–water partition coefficient (Wildman–Crippen LogP) is 0.0521. The van der Waals surface area contributed by atoms with Crippen LogP contribution in [0, 0.1) is 0 Å². The highest BCUT2D eigenvalue weighted by Crippen LogP contribution is 2.02. The van der Waals surface area contributed by atoms with E-state index in [9.17, 15) is 4.79 Å². The first-order valence-electron chi connectivity index (χ1n) is 3.57. The molecular weight excluding hydrogens is 144 g/mol. The van der Waals surface area contributed by atoms with Crippen molar-refractivity contribution in [1.82, 2.24) is 10.8 Å². The van der Waals surface area contributed by atoms with Gasteiger partial charge in [-0.15, -0.1) is 0 Å². The topological polar surface area (TPSA) is 50.4 Å². The van der Waals surface area contributed by atoms with E-state index in [2.05, 4.69) is 10.8 Å². The summed E-state index contributed by atoms with van der Waals surface area (Å²) >= 11 is 0. The third kappa shape index (κ3) is 7.29. The molecule has 0 rings (SSSR count). The van der Waals surface area contributed by atoms with Crippen molar-refractivity contribution >= 4 is 5.91 Å². The summed E-state index contributed by atoms with van der Waals surface area (Å²) < 4.78 is 0. The smallest absolute Gasteiger partial charge is 0.236 e. The van der Waals surface area contributed by atoms with Gasteiger partial charge in [-0.3, -0.25) is 9.63 Å². The fourth-order valence-corrected chi connectivity index (χ4v) is 0.407. The van der Waals surface area contributed by atoms with E-state index in [1.165, 1.54) is 0 Å². The van der Waals surface area contributed by atoms with Crippen molar-refractivity contribution in [1.29, 1.82) is 0 Å². The van der Waals surface area contributed by atoms with Crippen molar-refractivity contribution < 1.29 is 9.63 Å². The number of carbonyl (C=O) groups is 1. The molecule has 0 saturated heterocycles. The van der Waals surface area contributed by atoms with Crippen molar-refractivity contribution in [3.63, 3.8) is 0 Å². The standard InChI is InChI=1S/C7H16N2O2/c1-7(2,3)11-9-5-6(10)8-4/h9H,5H2,1-4H3,(H,8,10). The number of hydroxylamine groups is 1. The molecule has 0 atom stereocenters. The van der Waals surface area contributed by atoms with Crippen LogP contribution in [0.25, 0.3) is 0 Å². The average Bonchev–Trinajstić information content (AvgIpc) is 1.85. The lowest BCUT2D eigenvalue weighted by atomic mass is 10.2. The van der Waals surface area contributed by atoms with E-state index in [0.29, 0.717) is 0 Å². The largest absolute Gasteiger partial charge is 0.358 e. The molecule has 4 nitrogen and oxygen atoms in total. The molecule has 0 unspecified atom stereocenters. The first-order valence-corrected chi connectivity index (χ1v) is 3.57. The third-order valence-electron chi connectivity index (χ3n) is 0.890. The zero-order chi connectivity index (χ0) is 8.91. The molecule has 0 spiro atoms. The zero-order valence-corrected chi connectivity index (χ0v) is 7.52. The second-order valence-corrected chi connectivity index (χ2v) is 3.21. The second-order valence-electron chi connectivity index (χ2n) is 3.21. The van der Waals surface area contributed by atoms with Crippen LogP contribution in [0.2, 0.25) is 0 Å². The Labute approximate surface area is 67.3 Å². The highest BCUT2D eigenvalue weighted by atomic mass is 16.7. The molecule has 0 aliphatic rings. The van der Waals surface area contributed by atoms with Crippen LogP contribution in [0.3, 0.4) is 0 Å². The first kappa shape index (κ1) is 10.4. The molecule has 0 aromatic rings. The van der Waals surface area contributed by atoms with Gasteiger partial charge in [0.15, 0.2) is 0 Å². The second kappa shape index (κ2) is 4.31. The monoisotopic (exact) mass is 160 g/mol. The van der Waals surface area contributed by atoms with Crippen LogP contribution >= 0.6 is 0 Å². The lowest BCUT2D eigenvalue weighted by Crippen LogP contribution is -2.36. The van der Waals surface area contributed by atoms with Crippen LogP contribution in [0.15, 0.2) is 0 Å². The Hall–Kier alpha value is -0.610. The van der Waals surface area contributed by atoms with Gasteiger partial charge in [0.2, 0.25) is 5.91 Å². The minimum atomic E-state index is -0.256. The molecule has 0 saturated carbocycles. The Balaban J connectivity index is 3.35. The van der Waals surface area contributed by atoms with Gasteiger partial charge in [0.1, 0.15) is 0 Å². The quantitative estimate of drug-likeness (QED) is 0.574. The van der Waals surface area contributed by atoms with Crippen molar-refractivity contribution in [2.24, 2.45) is 0 Å². The highest BCUT2D eigenvalue weighted by Gasteiger charge is 2.10. The van der Waals surface area contributed by atoms with Gasteiger partial charge < -0.3 is 5.32 Å². The van der Waals surface area contributed by atoms with E-state index in [1.807, 2.05) is 20.8 Å².